The average Bonchev–Trinajstić information content (AvgIpc) is 3.15. The highest BCUT2D eigenvalue weighted by Gasteiger charge is 2.24. The van der Waals surface area contributed by atoms with Crippen molar-refractivity contribution in [3.63, 3.8) is 0 Å². The van der Waals surface area contributed by atoms with Gasteiger partial charge >= 0.3 is 5.97 Å². The predicted octanol–water partition coefficient (Wildman–Crippen LogP) is 13.2. The molecule has 0 spiro atoms. The second-order valence-electron chi connectivity index (χ2n) is 15.8. The first-order valence-electron chi connectivity index (χ1n) is 23.1. The lowest BCUT2D eigenvalue weighted by Gasteiger charge is -2.24. The third-order valence-corrected chi connectivity index (χ3v) is 10.6. The van der Waals surface area contributed by atoms with E-state index >= 15 is 0 Å². The number of hydrogen-bond donors (Lipinski definition) is 3. The van der Waals surface area contributed by atoms with Crippen LogP contribution < -0.4 is 5.32 Å². The molecule has 0 heterocycles. The van der Waals surface area contributed by atoms with E-state index in [0.29, 0.717) is 19.3 Å². The third kappa shape index (κ3) is 37.1. The average molecular weight is 748 g/mol. The van der Waals surface area contributed by atoms with E-state index in [0.717, 1.165) is 70.6 Å². The van der Waals surface area contributed by atoms with Crippen LogP contribution in [0.25, 0.3) is 0 Å². The standard InChI is InChI=1S/C47H89NO5/c1-4-7-10-13-16-19-21-22-23-24-25-26-28-31-34-37-40-47(52)53-43(38-35-32-29-18-15-12-9-6-3)41-46(51)48-44(42-49)45(50)39-36-33-30-27-20-17-14-11-8-5-2/h23-26,43-45,49-50H,4-22,27-42H2,1-3H3,(H,48,51)/b24-23+,26-25+. The van der Waals surface area contributed by atoms with Crippen LogP contribution in [0.4, 0.5) is 0 Å². The molecule has 6 nitrogen and oxygen atoms in total. The predicted molar refractivity (Wildman–Crippen MR) is 227 cm³/mol. The minimum Gasteiger partial charge on any atom is -0.462 e. The first-order valence-corrected chi connectivity index (χ1v) is 23.1. The van der Waals surface area contributed by atoms with Crippen molar-refractivity contribution in [2.45, 2.75) is 257 Å². The van der Waals surface area contributed by atoms with E-state index in [-0.39, 0.29) is 24.9 Å². The first-order chi connectivity index (χ1) is 26.0. The number of hydrogen-bond acceptors (Lipinski definition) is 5. The monoisotopic (exact) mass is 748 g/mol. The van der Waals surface area contributed by atoms with Crippen molar-refractivity contribution in [2.75, 3.05) is 6.61 Å². The quantitative estimate of drug-likeness (QED) is 0.0329. The van der Waals surface area contributed by atoms with Gasteiger partial charge in [0.15, 0.2) is 0 Å². The van der Waals surface area contributed by atoms with Gasteiger partial charge in [-0.15, -0.1) is 0 Å². The van der Waals surface area contributed by atoms with Crippen LogP contribution in [-0.4, -0.2) is 46.9 Å². The molecule has 3 unspecified atom stereocenters. The Morgan fingerprint density at radius 3 is 1.40 bits per heavy atom. The molecular weight excluding hydrogens is 659 g/mol. The number of carbonyl (C=O) groups is 2. The maximum atomic E-state index is 13.1. The van der Waals surface area contributed by atoms with Gasteiger partial charge in [0.25, 0.3) is 0 Å². The number of rotatable bonds is 41. The van der Waals surface area contributed by atoms with E-state index in [1.165, 1.54) is 122 Å². The number of aliphatic hydroxyl groups excluding tert-OH is 2. The Hall–Kier alpha value is -1.66. The molecule has 0 aromatic heterocycles. The molecule has 53 heavy (non-hydrogen) atoms. The van der Waals surface area contributed by atoms with E-state index < -0.39 is 18.2 Å². The summed E-state index contributed by atoms with van der Waals surface area (Å²) in [5.74, 6) is -0.502. The summed E-state index contributed by atoms with van der Waals surface area (Å²) in [6.45, 7) is 6.43. The molecule has 0 saturated heterocycles. The fourth-order valence-corrected chi connectivity index (χ4v) is 7.01. The summed E-state index contributed by atoms with van der Waals surface area (Å²) in [5, 5.41) is 23.6. The lowest BCUT2D eigenvalue weighted by Crippen LogP contribution is -2.46. The van der Waals surface area contributed by atoms with Gasteiger partial charge in [-0.05, 0) is 51.4 Å². The number of aliphatic hydroxyl groups is 2. The van der Waals surface area contributed by atoms with Crippen LogP contribution in [0.2, 0.25) is 0 Å². The molecule has 0 aliphatic rings. The molecule has 1 amide bonds. The summed E-state index contributed by atoms with van der Waals surface area (Å²) >= 11 is 0. The Morgan fingerprint density at radius 1 is 0.547 bits per heavy atom. The summed E-state index contributed by atoms with van der Waals surface area (Å²) < 4.78 is 5.87. The minimum absolute atomic E-state index is 0.0704. The summed E-state index contributed by atoms with van der Waals surface area (Å²) in [7, 11) is 0. The van der Waals surface area contributed by atoms with E-state index in [2.05, 4.69) is 50.4 Å². The lowest BCUT2D eigenvalue weighted by molar-refractivity contribution is -0.151. The molecule has 0 saturated carbocycles. The van der Waals surface area contributed by atoms with Crippen LogP contribution in [0.5, 0.6) is 0 Å². The second kappa shape index (κ2) is 41.5. The topological polar surface area (TPSA) is 95.9 Å². The normalized spacial score (nSPS) is 13.5. The van der Waals surface area contributed by atoms with Crippen LogP contribution >= 0.6 is 0 Å². The molecule has 0 aromatic carbocycles. The van der Waals surface area contributed by atoms with Gasteiger partial charge in [-0.25, -0.2) is 0 Å². The van der Waals surface area contributed by atoms with Gasteiger partial charge < -0.3 is 20.3 Å². The van der Waals surface area contributed by atoms with Gasteiger partial charge in [0.2, 0.25) is 5.91 Å². The zero-order valence-electron chi connectivity index (χ0n) is 35.4. The maximum absolute atomic E-state index is 13.1. The highest BCUT2D eigenvalue weighted by Crippen LogP contribution is 2.17. The second-order valence-corrected chi connectivity index (χ2v) is 15.8. The highest BCUT2D eigenvalue weighted by atomic mass is 16.5. The Labute approximate surface area is 329 Å². The van der Waals surface area contributed by atoms with Crippen molar-refractivity contribution in [3.8, 4) is 0 Å². The number of unbranched alkanes of at least 4 members (excludes halogenated alkanes) is 26. The number of esters is 1. The Morgan fingerprint density at radius 2 is 0.943 bits per heavy atom. The summed E-state index contributed by atoms with van der Waals surface area (Å²) in [4.78, 5) is 25.9. The van der Waals surface area contributed by atoms with Crippen LogP contribution in [0, 0.1) is 0 Å². The zero-order valence-corrected chi connectivity index (χ0v) is 35.4. The molecule has 0 fully saturated rings. The van der Waals surface area contributed by atoms with E-state index in [1.807, 2.05) is 0 Å². The summed E-state index contributed by atoms with van der Waals surface area (Å²) in [5.41, 5.74) is 0. The molecule has 0 aliphatic carbocycles. The van der Waals surface area contributed by atoms with Gasteiger partial charge in [-0.2, -0.15) is 0 Å². The Balaban J connectivity index is 4.51. The maximum Gasteiger partial charge on any atom is 0.306 e. The first kappa shape index (κ1) is 51.3. The van der Waals surface area contributed by atoms with Gasteiger partial charge in [0.05, 0.1) is 25.2 Å². The number of amides is 1. The van der Waals surface area contributed by atoms with Gasteiger partial charge in [0.1, 0.15) is 6.10 Å². The number of carbonyl (C=O) groups excluding carboxylic acids is 2. The lowest BCUT2D eigenvalue weighted by atomic mass is 10.0. The number of ether oxygens (including phenoxy) is 1. The van der Waals surface area contributed by atoms with E-state index in [9.17, 15) is 19.8 Å². The Kier molecular flexibility index (Phi) is 40.2. The summed E-state index contributed by atoms with van der Waals surface area (Å²) in [6.07, 6.45) is 45.3. The van der Waals surface area contributed by atoms with Crippen molar-refractivity contribution in [3.05, 3.63) is 24.3 Å². The SMILES string of the molecule is CCCCCCCCC/C=C/C=C/CCCCCC(=O)OC(CCCCCCCCCC)CC(=O)NC(CO)C(O)CCCCCCCCCCCC. The molecule has 312 valence electrons. The number of allylic oxidation sites excluding steroid dienone is 4. The minimum atomic E-state index is -0.785. The molecule has 0 rings (SSSR count). The fraction of sp³-hybridized carbons (Fsp3) is 0.872. The van der Waals surface area contributed by atoms with Crippen molar-refractivity contribution in [1.29, 1.82) is 0 Å². The van der Waals surface area contributed by atoms with E-state index in [4.69, 9.17) is 4.74 Å². The molecule has 0 aliphatic heterocycles. The largest absolute Gasteiger partial charge is 0.462 e. The van der Waals surface area contributed by atoms with Gasteiger partial charge in [-0.3, -0.25) is 9.59 Å². The molecule has 6 heteroatoms. The van der Waals surface area contributed by atoms with Gasteiger partial charge in [0, 0.05) is 6.42 Å². The van der Waals surface area contributed by atoms with Crippen molar-refractivity contribution < 1.29 is 24.5 Å². The molecular formula is C47H89NO5. The van der Waals surface area contributed by atoms with Crippen LogP contribution in [0.1, 0.15) is 239 Å². The van der Waals surface area contributed by atoms with Crippen molar-refractivity contribution in [1.82, 2.24) is 5.32 Å². The van der Waals surface area contributed by atoms with Crippen LogP contribution in [-0.2, 0) is 14.3 Å². The van der Waals surface area contributed by atoms with Gasteiger partial charge in [-0.1, -0.05) is 199 Å². The molecule has 0 radical (unpaired) electrons. The van der Waals surface area contributed by atoms with Crippen molar-refractivity contribution in [2.24, 2.45) is 0 Å². The molecule has 0 bridgehead atoms. The molecule has 3 N–H and O–H groups in total. The van der Waals surface area contributed by atoms with Crippen LogP contribution in [0.15, 0.2) is 24.3 Å². The smallest absolute Gasteiger partial charge is 0.306 e. The fourth-order valence-electron chi connectivity index (χ4n) is 7.01. The number of nitrogens with one attached hydrogen (secondary N) is 1. The zero-order chi connectivity index (χ0) is 38.9. The van der Waals surface area contributed by atoms with E-state index in [1.54, 1.807) is 0 Å². The van der Waals surface area contributed by atoms with Crippen molar-refractivity contribution >= 4 is 11.9 Å². The Bertz CT molecular complexity index is 843. The molecule has 3 atom stereocenters. The van der Waals surface area contributed by atoms with Crippen LogP contribution in [0.3, 0.4) is 0 Å². The highest BCUT2D eigenvalue weighted by molar-refractivity contribution is 5.77. The molecule has 0 aromatic rings. The third-order valence-electron chi connectivity index (χ3n) is 10.6. The summed E-state index contributed by atoms with van der Waals surface area (Å²) in [6, 6.07) is -0.699.